The Labute approximate surface area is 128 Å². The van der Waals surface area contributed by atoms with Crippen LogP contribution < -0.4 is 10.6 Å². The minimum absolute atomic E-state index is 0.0807. The van der Waals surface area contributed by atoms with E-state index in [2.05, 4.69) is 49.4 Å². The highest BCUT2D eigenvalue weighted by molar-refractivity contribution is 5.48. The van der Waals surface area contributed by atoms with Crippen LogP contribution in [-0.2, 0) is 5.41 Å². The van der Waals surface area contributed by atoms with Crippen LogP contribution in [-0.4, -0.2) is 47.1 Å². The van der Waals surface area contributed by atoms with Crippen LogP contribution in [0.5, 0.6) is 0 Å². The zero-order valence-corrected chi connectivity index (χ0v) is 14.1. The number of piperazine rings is 1. The van der Waals surface area contributed by atoms with Crippen LogP contribution in [0.1, 0.15) is 46.9 Å². The molecule has 5 nitrogen and oxygen atoms in total. The predicted octanol–water partition coefficient (Wildman–Crippen LogP) is 2.28. The summed E-state index contributed by atoms with van der Waals surface area (Å²) in [5.74, 6) is 2.35. The largest absolute Gasteiger partial charge is 0.384 e. The van der Waals surface area contributed by atoms with E-state index in [4.69, 9.17) is 10.7 Å². The topological polar surface area (TPSA) is 58.3 Å². The Bertz CT molecular complexity index is 472. The van der Waals surface area contributed by atoms with Crippen molar-refractivity contribution in [3.05, 3.63) is 11.9 Å². The fourth-order valence-corrected chi connectivity index (χ4v) is 2.60. The van der Waals surface area contributed by atoms with Crippen molar-refractivity contribution in [1.29, 1.82) is 0 Å². The highest BCUT2D eigenvalue weighted by atomic mass is 15.3. The second kappa shape index (κ2) is 6.18. The monoisotopic (exact) mass is 291 g/mol. The van der Waals surface area contributed by atoms with Gasteiger partial charge in [0.15, 0.2) is 0 Å². The number of hydrogen-bond donors (Lipinski definition) is 1. The minimum atomic E-state index is -0.0807. The van der Waals surface area contributed by atoms with Crippen molar-refractivity contribution in [2.45, 2.75) is 52.5 Å². The van der Waals surface area contributed by atoms with E-state index in [9.17, 15) is 0 Å². The molecule has 0 spiro atoms. The molecule has 5 heteroatoms. The first-order chi connectivity index (χ1) is 9.81. The van der Waals surface area contributed by atoms with Crippen LogP contribution in [0, 0.1) is 0 Å². The summed E-state index contributed by atoms with van der Waals surface area (Å²) in [6, 6.07) is 2.56. The molecule has 1 fully saturated rings. The molecule has 118 valence electrons. The van der Waals surface area contributed by atoms with Gasteiger partial charge in [0.05, 0.1) is 0 Å². The molecule has 2 rings (SSSR count). The molecule has 0 aliphatic carbocycles. The van der Waals surface area contributed by atoms with Crippen LogP contribution >= 0.6 is 0 Å². The number of rotatable bonds is 3. The lowest BCUT2D eigenvalue weighted by Crippen LogP contribution is -2.49. The van der Waals surface area contributed by atoms with Gasteiger partial charge in [-0.15, -0.1) is 0 Å². The van der Waals surface area contributed by atoms with Crippen LogP contribution in [0.2, 0.25) is 0 Å². The van der Waals surface area contributed by atoms with Crippen molar-refractivity contribution in [3.63, 3.8) is 0 Å². The summed E-state index contributed by atoms with van der Waals surface area (Å²) >= 11 is 0. The number of nitrogens with two attached hydrogens (primary N) is 1. The predicted molar refractivity (Wildman–Crippen MR) is 88.7 cm³/mol. The molecule has 1 aromatic heterocycles. The van der Waals surface area contributed by atoms with Gasteiger partial charge in [0, 0.05) is 43.7 Å². The third-order valence-corrected chi connectivity index (χ3v) is 4.26. The van der Waals surface area contributed by atoms with Gasteiger partial charge in [-0.25, -0.2) is 9.97 Å². The maximum atomic E-state index is 5.97. The van der Waals surface area contributed by atoms with Gasteiger partial charge in [-0.1, -0.05) is 27.7 Å². The number of hydrogen-bond acceptors (Lipinski definition) is 5. The lowest BCUT2D eigenvalue weighted by molar-refractivity contribution is 0.192. The summed E-state index contributed by atoms with van der Waals surface area (Å²) in [4.78, 5) is 14.0. The summed E-state index contributed by atoms with van der Waals surface area (Å²) < 4.78 is 0. The molecule has 1 unspecified atom stereocenters. The van der Waals surface area contributed by atoms with Gasteiger partial charge in [0.25, 0.3) is 0 Å². The summed E-state index contributed by atoms with van der Waals surface area (Å²) in [5, 5.41) is 0. The number of nitrogen functional groups attached to an aromatic ring is 1. The Morgan fingerprint density at radius 3 is 2.33 bits per heavy atom. The van der Waals surface area contributed by atoms with Crippen molar-refractivity contribution in [1.82, 2.24) is 14.9 Å². The molecule has 0 radical (unpaired) electrons. The number of anilines is 2. The Morgan fingerprint density at radius 2 is 1.81 bits per heavy atom. The Kier molecular flexibility index (Phi) is 4.71. The molecule has 2 N–H and O–H groups in total. The van der Waals surface area contributed by atoms with E-state index in [0.29, 0.717) is 11.9 Å². The van der Waals surface area contributed by atoms with Crippen molar-refractivity contribution >= 4 is 11.6 Å². The molecule has 0 amide bonds. The van der Waals surface area contributed by atoms with E-state index in [-0.39, 0.29) is 5.41 Å². The molecule has 0 saturated carbocycles. The van der Waals surface area contributed by atoms with Gasteiger partial charge in [-0.3, -0.25) is 4.90 Å². The van der Waals surface area contributed by atoms with E-state index in [1.54, 1.807) is 0 Å². The summed E-state index contributed by atoms with van der Waals surface area (Å²) in [6.45, 7) is 15.1. The normalized spacial score (nSPS) is 18.8. The first kappa shape index (κ1) is 16.0. The van der Waals surface area contributed by atoms with Gasteiger partial charge in [-0.2, -0.15) is 0 Å². The molecule has 1 aliphatic heterocycles. The molecule has 2 heterocycles. The fraction of sp³-hybridized carbons (Fsp3) is 0.750. The van der Waals surface area contributed by atoms with Gasteiger partial charge < -0.3 is 10.6 Å². The zero-order chi connectivity index (χ0) is 15.6. The first-order valence-electron chi connectivity index (χ1n) is 7.95. The van der Waals surface area contributed by atoms with Crippen LogP contribution in [0.25, 0.3) is 0 Å². The van der Waals surface area contributed by atoms with Crippen molar-refractivity contribution in [2.24, 2.45) is 0 Å². The van der Waals surface area contributed by atoms with Gasteiger partial charge in [0.1, 0.15) is 17.5 Å². The van der Waals surface area contributed by atoms with Crippen LogP contribution in [0.15, 0.2) is 6.07 Å². The van der Waals surface area contributed by atoms with E-state index in [1.807, 2.05) is 6.07 Å². The second-order valence-electron chi connectivity index (χ2n) is 7.00. The molecular formula is C16H29N5. The lowest BCUT2D eigenvalue weighted by atomic mass is 9.96. The molecule has 0 bridgehead atoms. The summed E-state index contributed by atoms with van der Waals surface area (Å²) in [5.41, 5.74) is 5.89. The minimum Gasteiger partial charge on any atom is -0.384 e. The average Bonchev–Trinajstić information content (AvgIpc) is 2.45. The van der Waals surface area contributed by atoms with Gasteiger partial charge in [0.2, 0.25) is 0 Å². The van der Waals surface area contributed by atoms with Crippen LogP contribution in [0.4, 0.5) is 11.6 Å². The second-order valence-corrected chi connectivity index (χ2v) is 7.00. The van der Waals surface area contributed by atoms with Crippen molar-refractivity contribution in [3.8, 4) is 0 Å². The highest BCUT2D eigenvalue weighted by Crippen LogP contribution is 2.24. The fourth-order valence-electron chi connectivity index (χ4n) is 2.60. The smallest absolute Gasteiger partial charge is 0.138 e. The van der Waals surface area contributed by atoms with Gasteiger partial charge >= 0.3 is 0 Å². The molecule has 1 saturated heterocycles. The van der Waals surface area contributed by atoms with Crippen molar-refractivity contribution < 1.29 is 0 Å². The molecule has 21 heavy (non-hydrogen) atoms. The molecular weight excluding hydrogens is 262 g/mol. The Balaban J connectivity index is 2.12. The third-order valence-electron chi connectivity index (χ3n) is 4.26. The maximum absolute atomic E-state index is 5.97. The number of aromatic nitrogens is 2. The first-order valence-corrected chi connectivity index (χ1v) is 7.95. The maximum Gasteiger partial charge on any atom is 0.138 e. The summed E-state index contributed by atoms with van der Waals surface area (Å²) in [6.07, 6.45) is 1.20. The Morgan fingerprint density at radius 1 is 1.19 bits per heavy atom. The molecule has 1 atom stereocenters. The van der Waals surface area contributed by atoms with E-state index >= 15 is 0 Å². The lowest BCUT2D eigenvalue weighted by Gasteiger charge is -2.38. The zero-order valence-electron chi connectivity index (χ0n) is 14.1. The van der Waals surface area contributed by atoms with Crippen molar-refractivity contribution in [2.75, 3.05) is 36.8 Å². The SMILES string of the molecule is CCC(C)N1CCN(c2cc(N)nc(C(C)(C)C)n2)CC1. The van der Waals surface area contributed by atoms with E-state index in [1.165, 1.54) is 6.42 Å². The molecule has 1 aromatic rings. The third kappa shape index (κ3) is 3.84. The number of nitrogens with zero attached hydrogens (tertiary/aromatic N) is 4. The molecule has 0 aromatic carbocycles. The Hall–Kier alpha value is -1.36. The quantitative estimate of drug-likeness (QED) is 0.926. The van der Waals surface area contributed by atoms with Crippen LogP contribution in [0.3, 0.4) is 0 Å². The standard InChI is InChI=1S/C16H29N5/c1-6-12(2)20-7-9-21(10-8-20)14-11-13(17)18-15(19-14)16(3,4)5/h11-12H,6-10H2,1-5H3,(H2,17,18,19). The average molecular weight is 291 g/mol. The highest BCUT2D eigenvalue weighted by Gasteiger charge is 2.24. The van der Waals surface area contributed by atoms with E-state index < -0.39 is 0 Å². The van der Waals surface area contributed by atoms with E-state index in [0.717, 1.165) is 37.8 Å². The van der Waals surface area contributed by atoms with Gasteiger partial charge in [-0.05, 0) is 13.3 Å². The molecule has 1 aliphatic rings. The summed E-state index contributed by atoms with van der Waals surface area (Å²) in [7, 11) is 0.